The van der Waals surface area contributed by atoms with Gasteiger partial charge < -0.3 is 4.74 Å². The van der Waals surface area contributed by atoms with Gasteiger partial charge in [0.2, 0.25) is 0 Å². The van der Waals surface area contributed by atoms with Crippen LogP contribution in [0.5, 0.6) is 0 Å². The van der Waals surface area contributed by atoms with E-state index in [2.05, 4.69) is 6.92 Å². The predicted molar refractivity (Wildman–Crippen MR) is 33.8 cm³/mol. The summed E-state index contributed by atoms with van der Waals surface area (Å²) in [6.07, 6.45) is 4.53. The molecule has 0 heterocycles. The Morgan fingerprint density at radius 1 is 1.50 bits per heavy atom. The van der Waals surface area contributed by atoms with Crippen LogP contribution >= 0.6 is 0 Å². The Bertz CT molecular complexity index is 56.8. The van der Waals surface area contributed by atoms with Crippen molar-refractivity contribution in [2.45, 2.75) is 32.3 Å². The van der Waals surface area contributed by atoms with Crippen LogP contribution in [0.1, 0.15) is 26.2 Å². The van der Waals surface area contributed by atoms with Gasteiger partial charge in [0.05, 0.1) is 6.10 Å². The Labute approximate surface area is 51.0 Å². The first-order valence-corrected chi connectivity index (χ1v) is 3.39. The number of ether oxygens (including phenoxy) is 1. The summed E-state index contributed by atoms with van der Waals surface area (Å²) in [7, 11) is 1.80. The van der Waals surface area contributed by atoms with Crippen LogP contribution in [-0.4, -0.2) is 13.2 Å². The van der Waals surface area contributed by atoms with Gasteiger partial charge in [-0.2, -0.15) is 0 Å². The van der Waals surface area contributed by atoms with Crippen LogP contribution in [0.15, 0.2) is 0 Å². The summed E-state index contributed by atoms with van der Waals surface area (Å²) < 4.78 is 5.12. The molecule has 0 aromatic heterocycles. The first kappa shape index (κ1) is 6.09. The highest BCUT2D eigenvalue weighted by Crippen LogP contribution is 2.31. The summed E-state index contributed by atoms with van der Waals surface area (Å²) in [6, 6.07) is 0. The van der Waals surface area contributed by atoms with Gasteiger partial charge >= 0.3 is 0 Å². The van der Waals surface area contributed by atoms with Crippen molar-refractivity contribution in [3.05, 3.63) is 0 Å². The maximum Gasteiger partial charge on any atom is 0.0576 e. The van der Waals surface area contributed by atoms with Crippen molar-refractivity contribution in [3.8, 4) is 0 Å². The quantitative estimate of drug-likeness (QED) is 0.532. The van der Waals surface area contributed by atoms with E-state index >= 15 is 0 Å². The molecule has 1 fully saturated rings. The molecular weight excluding hydrogens is 100 g/mol. The van der Waals surface area contributed by atoms with Crippen molar-refractivity contribution in [3.63, 3.8) is 0 Å². The van der Waals surface area contributed by atoms with E-state index in [0.29, 0.717) is 6.10 Å². The standard InChI is InChI=1S/C7H14O/c1-3-6-4-7(5-6)8-2/h6-7H,3-5H2,1-2H3. The molecule has 1 heteroatoms. The minimum Gasteiger partial charge on any atom is -0.381 e. The van der Waals surface area contributed by atoms with E-state index in [1.807, 2.05) is 0 Å². The van der Waals surface area contributed by atoms with Crippen molar-refractivity contribution in [1.82, 2.24) is 0 Å². The largest absolute Gasteiger partial charge is 0.381 e. The van der Waals surface area contributed by atoms with Crippen LogP contribution < -0.4 is 0 Å². The second-order valence-corrected chi connectivity index (χ2v) is 2.60. The minimum atomic E-state index is 0.597. The molecule has 1 aliphatic carbocycles. The molecule has 1 aliphatic rings. The third-order valence-electron chi connectivity index (χ3n) is 2.10. The molecule has 0 saturated heterocycles. The minimum absolute atomic E-state index is 0.597. The van der Waals surface area contributed by atoms with E-state index in [1.165, 1.54) is 19.3 Å². The van der Waals surface area contributed by atoms with Crippen LogP contribution in [0, 0.1) is 5.92 Å². The predicted octanol–water partition coefficient (Wildman–Crippen LogP) is 1.82. The highest BCUT2D eigenvalue weighted by molar-refractivity contribution is 4.78. The molecule has 48 valence electrons. The maximum atomic E-state index is 5.12. The number of methoxy groups -OCH3 is 1. The van der Waals surface area contributed by atoms with E-state index in [1.54, 1.807) is 7.11 Å². The molecule has 0 bridgehead atoms. The fraction of sp³-hybridized carbons (Fsp3) is 1.00. The average Bonchev–Trinajstić information content (AvgIpc) is 1.65. The van der Waals surface area contributed by atoms with Gasteiger partial charge in [-0.3, -0.25) is 0 Å². The van der Waals surface area contributed by atoms with Crippen molar-refractivity contribution in [2.24, 2.45) is 5.92 Å². The normalized spacial score (nSPS) is 36.8. The molecule has 0 atom stereocenters. The van der Waals surface area contributed by atoms with E-state index in [4.69, 9.17) is 4.74 Å². The molecule has 0 amide bonds. The summed E-state index contributed by atoms with van der Waals surface area (Å²) in [5.74, 6) is 0.972. The van der Waals surface area contributed by atoms with Crippen LogP contribution in [0.4, 0.5) is 0 Å². The Kier molecular flexibility index (Phi) is 1.90. The summed E-state index contributed by atoms with van der Waals surface area (Å²) in [5.41, 5.74) is 0. The molecule has 0 aliphatic heterocycles. The van der Waals surface area contributed by atoms with Crippen LogP contribution in [0.2, 0.25) is 0 Å². The third kappa shape index (κ3) is 1.03. The third-order valence-corrected chi connectivity index (χ3v) is 2.10. The lowest BCUT2D eigenvalue weighted by atomic mass is 9.81. The van der Waals surface area contributed by atoms with Crippen LogP contribution in [-0.2, 0) is 4.74 Å². The lowest BCUT2D eigenvalue weighted by molar-refractivity contribution is 0.000105. The molecule has 0 N–H and O–H groups in total. The lowest BCUT2D eigenvalue weighted by Crippen LogP contribution is -2.29. The number of hydrogen-bond acceptors (Lipinski definition) is 1. The Hall–Kier alpha value is -0.0400. The molecule has 1 saturated carbocycles. The van der Waals surface area contributed by atoms with Crippen molar-refractivity contribution in [1.29, 1.82) is 0 Å². The van der Waals surface area contributed by atoms with Gasteiger partial charge in [0.1, 0.15) is 0 Å². The molecule has 0 spiro atoms. The molecule has 0 radical (unpaired) electrons. The topological polar surface area (TPSA) is 9.23 Å². The highest BCUT2D eigenvalue weighted by Gasteiger charge is 2.26. The van der Waals surface area contributed by atoms with Gasteiger partial charge in [0.25, 0.3) is 0 Å². The zero-order valence-corrected chi connectivity index (χ0v) is 5.68. The summed E-state index contributed by atoms with van der Waals surface area (Å²) in [6.45, 7) is 2.25. The summed E-state index contributed by atoms with van der Waals surface area (Å²) in [4.78, 5) is 0. The summed E-state index contributed by atoms with van der Waals surface area (Å²) >= 11 is 0. The zero-order valence-electron chi connectivity index (χ0n) is 5.68. The molecule has 0 aromatic rings. The first-order valence-electron chi connectivity index (χ1n) is 3.39. The van der Waals surface area contributed by atoms with Crippen molar-refractivity contribution in [2.75, 3.05) is 7.11 Å². The monoisotopic (exact) mass is 114 g/mol. The van der Waals surface area contributed by atoms with Gasteiger partial charge in [-0.15, -0.1) is 0 Å². The van der Waals surface area contributed by atoms with E-state index < -0.39 is 0 Å². The molecular formula is C7H14O. The second-order valence-electron chi connectivity index (χ2n) is 2.60. The van der Waals surface area contributed by atoms with E-state index in [9.17, 15) is 0 Å². The molecule has 0 unspecified atom stereocenters. The molecule has 1 rings (SSSR count). The maximum absolute atomic E-state index is 5.12. The van der Waals surface area contributed by atoms with Gasteiger partial charge in [0, 0.05) is 7.11 Å². The van der Waals surface area contributed by atoms with Crippen LogP contribution in [0.25, 0.3) is 0 Å². The van der Waals surface area contributed by atoms with E-state index in [0.717, 1.165) is 5.92 Å². The Morgan fingerprint density at radius 2 is 2.12 bits per heavy atom. The smallest absolute Gasteiger partial charge is 0.0576 e. The zero-order chi connectivity index (χ0) is 5.98. The highest BCUT2D eigenvalue weighted by atomic mass is 16.5. The molecule has 8 heavy (non-hydrogen) atoms. The SMILES string of the molecule is CCC1CC(OC)C1. The van der Waals surface area contributed by atoms with Gasteiger partial charge in [-0.25, -0.2) is 0 Å². The van der Waals surface area contributed by atoms with Crippen molar-refractivity contribution >= 4 is 0 Å². The van der Waals surface area contributed by atoms with Gasteiger partial charge in [-0.05, 0) is 18.8 Å². The molecule has 0 aromatic carbocycles. The van der Waals surface area contributed by atoms with E-state index in [-0.39, 0.29) is 0 Å². The fourth-order valence-electron chi connectivity index (χ4n) is 1.20. The first-order chi connectivity index (χ1) is 3.86. The fourth-order valence-corrected chi connectivity index (χ4v) is 1.20. The average molecular weight is 114 g/mol. The van der Waals surface area contributed by atoms with Crippen molar-refractivity contribution < 1.29 is 4.74 Å². The van der Waals surface area contributed by atoms with Gasteiger partial charge in [-0.1, -0.05) is 13.3 Å². The molecule has 1 nitrogen and oxygen atoms in total. The van der Waals surface area contributed by atoms with Gasteiger partial charge in [0.15, 0.2) is 0 Å². The second kappa shape index (κ2) is 2.49. The lowest BCUT2D eigenvalue weighted by Gasteiger charge is -2.33. The Balaban J connectivity index is 2.03. The Morgan fingerprint density at radius 3 is 2.50 bits per heavy atom. The number of hydrogen-bond donors (Lipinski definition) is 0. The number of rotatable bonds is 2. The summed E-state index contributed by atoms with van der Waals surface area (Å²) in [5, 5.41) is 0. The van der Waals surface area contributed by atoms with Crippen LogP contribution in [0.3, 0.4) is 0 Å².